The lowest BCUT2D eigenvalue weighted by Crippen LogP contribution is -2.45. The van der Waals surface area contributed by atoms with Crippen molar-refractivity contribution in [3.8, 4) is 22.4 Å². The number of halogens is 1. The third-order valence-corrected chi connectivity index (χ3v) is 6.24. The molecule has 1 saturated heterocycles. The van der Waals surface area contributed by atoms with Crippen LogP contribution in [0.3, 0.4) is 0 Å². The Balaban J connectivity index is 1.53. The predicted octanol–water partition coefficient (Wildman–Crippen LogP) is 4.44. The summed E-state index contributed by atoms with van der Waals surface area (Å²) in [6.07, 6.45) is 3.88. The molecule has 0 radical (unpaired) electrons. The number of rotatable bonds is 3. The summed E-state index contributed by atoms with van der Waals surface area (Å²) in [4.78, 5) is 12.8. The molecule has 160 valence electrons. The molecular formula is C25H23FN6. The molecule has 0 amide bonds. The van der Waals surface area contributed by atoms with Crippen molar-refractivity contribution in [1.29, 1.82) is 0 Å². The molecule has 0 bridgehead atoms. The van der Waals surface area contributed by atoms with Crippen molar-refractivity contribution >= 4 is 22.4 Å². The van der Waals surface area contributed by atoms with Gasteiger partial charge in [0.15, 0.2) is 5.65 Å². The molecular weight excluding hydrogens is 403 g/mol. The second-order valence-electron chi connectivity index (χ2n) is 8.39. The highest BCUT2D eigenvalue weighted by Crippen LogP contribution is 2.32. The number of aromatic nitrogens is 4. The van der Waals surface area contributed by atoms with Gasteiger partial charge >= 0.3 is 0 Å². The average Bonchev–Trinajstić information content (AvgIpc) is 3.46. The first-order valence-electron chi connectivity index (χ1n) is 10.8. The highest BCUT2D eigenvalue weighted by atomic mass is 19.1. The van der Waals surface area contributed by atoms with E-state index in [0.717, 1.165) is 70.9 Å². The van der Waals surface area contributed by atoms with Crippen molar-refractivity contribution in [3.05, 3.63) is 72.8 Å². The Labute approximate surface area is 184 Å². The fourth-order valence-corrected chi connectivity index (χ4v) is 4.35. The van der Waals surface area contributed by atoms with E-state index in [9.17, 15) is 4.39 Å². The third kappa shape index (κ3) is 3.31. The molecule has 6 nitrogen and oxygen atoms in total. The number of imidazole rings is 1. The summed E-state index contributed by atoms with van der Waals surface area (Å²) < 4.78 is 15.3. The number of hydrogen-bond donors (Lipinski definition) is 1. The zero-order valence-electron chi connectivity index (χ0n) is 17.8. The summed E-state index contributed by atoms with van der Waals surface area (Å²) in [6.45, 7) is 3.89. The van der Waals surface area contributed by atoms with Crippen LogP contribution in [0, 0.1) is 5.82 Å². The standard InChI is InChI=1S/C25H23FN6/c1-30-10-12-31(13-11-30)24-15-21(18-4-7-22-19(14-18)8-9-27-22)25-28-23(16-32(25)29-24)17-2-5-20(26)6-3-17/h2-9,14-16,27H,10-13H2,1H3. The first-order chi connectivity index (χ1) is 15.6. The Kier molecular flexibility index (Phi) is 4.43. The maximum Gasteiger partial charge on any atom is 0.162 e. The van der Waals surface area contributed by atoms with Crippen LogP contribution < -0.4 is 4.90 Å². The number of piperazine rings is 1. The van der Waals surface area contributed by atoms with Crippen LogP contribution in [0.4, 0.5) is 10.2 Å². The lowest BCUT2D eigenvalue weighted by atomic mass is 10.1. The summed E-state index contributed by atoms with van der Waals surface area (Å²) in [6, 6.07) is 17.1. The summed E-state index contributed by atoms with van der Waals surface area (Å²) in [5, 5.41) is 6.06. The number of likely N-dealkylation sites (N-methyl/N-ethyl adjacent to an activating group) is 1. The Hall–Kier alpha value is -3.71. The fraction of sp³-hybridized carbons (Fsp3) is 0.200. The molecule has 0 atom stereocenters. The van der Waals surface area contributed by atoms with E-state index < -0.39 is 0 Å². The minimum absolute atomic E-state index is 0.256. The van der Waals surface area contributed by atoms with Crippen LogP contribution in [-0.4, -0.2) is 57.7 Å². The Morgan fingerprint density at radius 2 is 1.69 bits per heavy atom. The highest BCUT2D eigenvalue weighted by molar-refractivity contribution is 5.89. The summed E-state index contributed by atoms with van der Waals surface area (Å²) >= 11 is 0. The largest absolute Gasteiger partial charge is 0.361 e. The molecule has 0 saturated carbocycles. The number of H-pyrrole nitrogens is 1. The maximum atomic E-state index is 13.4. The maximum absolute atomic E-state index is 13.4. The lowest BCUT2D eigenvalue weighted by molar-refractivity contribution is 0.311. The molecule has 1 N–H and O–H groups in total. The summed E-state index contributed by atoms with van der Waals surface area (Å²) in [5.74, 6) is 0.686. The number of anilines is 1. The number of benzene rings is 2. The van der Waals surface area contributed by atoms with Gasteiger partial charge in [-0.2, -0.15) is 0 Å². The van der Waals surface area contributed by atoms with Crippen molar-refractivity contribution in [3.63, 3.8) is 0 Å². The molecule has 1 aliphatic rings. The van der Waals surface area contributed by atoms with Gasteiger partial charge in [0.2, 0.25) is 0 Å². The quantitative estimate of drug-likeness (QED) is 0.464. The second-order valence-corrected chi connectivity index (χ2v) is 8.39. The van der Waals surface area contributed by atoms with Gasteiger partial charge in [0.1, 0.15) is 11.6 Å². The molecule has 3 aromatic heterocycles. The van der Waals surface area contributed by atoms with Gasteiger partial charge in [-0.3, -0.25) is 0 Å². The number of nitrogens with one attached hydrogen (secondary N) is 1. The van der Waals surface area contributed by atoms with Crippen LogP contribution >= 0.6 is 0 Å². The lowest BCUT2D eigenvalue weighted by Gasteiger charge is -2.33. The minimum atomic E-state index is -0.256. The normalized spacial score (nSPS) is 15.1. The van der Waals surface area contributed by atoms with Crippen LogP contribution in [0.1, 0.15) is 0 Å². The van der Waals surface area contributed by atoms with Gasteiger partial charge in [0, 0.05) is 49.0 Å². The van der Waals surface area contributed by atoms with Crippen LogP contribution in [-0.2, 0) is 0 Å². The predicted molar refractivity (Wildman–Crippen MR) is 125 cm³/mol. The summed E-state index contributed by atoms with van der Waals surface area (Å²) in [7, 11) is 2.15. The molecule has 7 heteroatoms. The topological polar surface area (TPSA) is 52.5 Å². The van der Waals surface area contributed by atoms with E-state index in [4.69, 9.17) is 10.1 Å². The van der Waals surface area contributed by atoms with Gasteiger partial charge in [-0.25, -0.2) is 13.9 Å². The molecule has 0 aliphatic carbocycles. The summed E-state index contributed by atoms with van der Waals surface area (Å²) in [5.41, 5.74) is 5.66. The van der Waals surface area contributed by atoms with E-state index in [1.54, 1.807) is 12.1 Å². The molecule has 32 heavy (non-hydrogen) atoms. The molecule has 5 aromatic rings. The zero-order valence-corrected chi connectivity index (χ0v) is 17.8. The van der Waals surface area contributed by atoms with Gasteiger partial charge in [-0.1, -0.05) is 6.07 Å². The van der Waals surface area contributed by atoms with E-state index in [0.29, 0.717) is 0 Å². The van der Waals surface area contributed by atoms with Gasteiger partial charge in [-0.15, -0.1) is 5.10 Å². The Morgan fingerprint density at radius 3 is 2.50 bits per heavy atom. The van der Waals surface area contributed by atoms with Gasteiger partial charge < -0.3 is 14.8 Å². The van der Waals surface area contributed by atoms with Crippen molar-refractivity contribution in [2.45, 2.75) is 0 Å². The molecule has 0 unspecified atom stereocenters. The molecule has 0 spiro atoms. The smallest absolute Gasteiger partial charge is 0.162 e. The van der Waals surface area contributed by atoms with Crippen molar-refractivity contribution < 1.29 is 4.39 Å². The number of hydrogen-bond acceptors (Lipinski definition) is 4. The number of nitrogens with zero attached hydrogens (tertiary/aromatic N) is 5. The molecule has 6 rings (SSSR count). The highest BCUT2D eigenvalue weighted by Gasteiger charge is 2.19. The van der Waals surface area contributed by atoms with Gasteiger partial charge in [0.25, 0.3) is 0 Å². The van der Waals surface area contributed by atoms with Crippen LogP contribution in [0.25, 0.3) is 38.9 Å². The monoisotopic (exact) mass is 426 g/mol. The third-order valence-electron chi connectivity index (χ3n) is 6.24. The molecule has 1 fully saturated rings. The first kappa shape index (κ1) is 19.0. The van der Waals surface area contributed by atoms with E-state index in [1.165, 1.54) is 12.1 Å². The number of aromatic amines is 1. The molecule has 2 aromatic carbocycles. The molecule has 4 heterocycles. The SMILES string of the molecule is CN1CCN(c2cc(-c3ccc4[nH]ccc4c3)c3nc(-c4ccc(F)cc4)cn3n2)CC1. The van der Waals surface area contributed by atoms with Crippen LogP contribution in [0.2, 0.25) is 0 Å². The van der Waals surface area contributed by atoms with Gasteiger partial charge in [-0.05, 0) is 66.5 Å². The first-order valence-corrected chi connectivity index (χ1v) is 10.8. The van der Waals surface area contributed by atoms with E-state index >= 15 is 0 Å². The number of fused-ring (bicyclic) bond motifs is 2. The second kappa shape index (κ2) is 7.46. The van der Waals surface area contributed by atoms with E-state index in [1.807, 2.05) is 16.9 Å². The fourth-order valence-electron chi connectivity index (χ4n) is 4.35. The zero-order chi connectivity index (χ0) is 21.7. The van der Waals surface area contributed by atoms with Crippen molar-refractivity contribution in [1.82, 2.24) is 24.5 Å². The van der Waals surface area contributed by atoms with Crippen molar-refractivity contribution in [2.75, 3.05) is 38.1 Å². The van der Waals surface area contributed by atoms with Crippen LogP contribution in [0.5, 0.6) is 0 Å². The van der Waals surface area contributed by atoms with Crippen LogP contribution in [0.15, 0.2) is 67.0 Å². The molecule has 1 aliphatic heterocycles. The minimum Gasteiger partial charge on any atom is -0.361 e. The van der Waals surface area contributed by atoms with Gasteiger partial charge in [0.05, 0.1) is 11.9 Å². The Morgan fingerprint density at radius 1 is 0.906 bits per heavy atom. The van der Waals surface area contributed by atoms with Crippen molar-refractivity contribution in [2.24, 2.45) is 0 Å². The average molecular weight is 426 g/mol. The van der Waals surface area contributed by atoms with E-state index in [2.05, 4.69) is 52.2 Å². The van der Waals surface area contributed by atoms with E-state index in [-0.39, 0.29) is 5.82 Å². The Bertz CT molecular complexity index is 1410.